The van der Waals surface area contributed by atoms with Crippen molar-refractivity contribution in [3.05, 3.63) is 70.7 Å². The number of halogens is 3. The zero-order chi connectivity index (χ0) is 28.7. The number of hydrogen-bond donors (Lipinski definition) is 2. The SMILES string of the molecule is CNS(=O)(=O)C1=CCC(CNC(=O)N2CC3(CCCC3)c3cc(-c4ccc(OC)cc4C(F)(F)F)ccc32)C=C1. The lowest BCUT2D eigenvalue weighted by Gasteiger charge is -2.25. The summed E-state index contributed by atoms with van der Waals surface area (Å²) in [5, 5.41) is 2.98. The molecule has 0 aromatic heterocycles. The van der Waals surface area contributed by atoms with E-state index in [4.69, 9.17) is 4.74 Å². The van der Waals surface area contributed by atoms with Gasteiger partial charge in [0.15, 0.2) is 0 Å². The molecule has 0 bridgehead atoms. The van der Waals surface area contributed by atoms with Crippen molar-refractivity contribution >= 4 is 21.7 Å². The summed E-state index contributed by atoms with van der Waals surface area (Å²) < 4.78 is 73.2. The second kappa shape index (κ2) is 10.6. The minimum Gasteiger partial charge on any atom is -0.497 e. The number of ether oxygens (including phenoxy) is 1. The van der Waals surface area contributed by atoms with E-state index < -0.39 is 21.8 Å². The first-order valence-corrected chi connectivity index (χ1v) is 14.7. The monoisotopic (exact) mass is 575 g/mol. The Morgan fingerprint density at radius 1 is 1.15 bits per heavy atom. The Hall–Kier alpha value is -3.31. The van der Waals surface area contributed by atoms with E-state index in [1.54, 1.807) is 35.3 Å². The normalized spacial score (nSPS) is 20.0. The van der Waals surface area contributed by atoms with Crippen LogP contribution in [0.1, 0.15) is 43.2 Å². The Bertz CT molecular complexity index is 1480. The van der Waals surface area contributed by atoms with Crippen LogP contribution in [0.25, 0.3) is 11.1 Å². The first-order chi connectivity index (χ1) is 19.0. The second-order valence-electron chi connectivity index (χ2n) is 10.6. The van der Waals surface area contributed by atoms with Gasteiger partial charge in [0.2, 0.25) is 10.0 Å². The number of hydrogen-bond acceptors (Lipinski definition) is 4. The fourth-order valence-corrected chi connectivity index (χ4v) is 6.87. The fraction of sp³-hybridized carbons (Fsp3) is 0.414. The first-order valence-electron chi connectivity index (χ1n) is 13.2. The molecule has 2 N–H and O–H groups in total. The number of carbonyl (C=O) groups excluding carboxylic acids is 1. The Morgan fingerprint density at radius 3 is 2.52 bits per heavy atom. The average Bonchev–Trinajstić information content (AvgIpc) is 3.56. The van der Waals surface area contributed by atoms with Crippen molar-refractivity contribution in [3.8, 4) is 16.9 Å². The molecule has 2 amide bonds. The standard InChI is InChI=1S/C29H32F3N3O4S/c1-33-40(37,38)22-9-5-19(6-10-22)17-34-27(36)35-18-28(13-3-4-14-28)25-15-20(7-12-26(25)35)23-11-8-21(39-2)16-24(23)29(30,31)32/h5,7-12,15-16,19,33H,3-4,6,13-14,17-18H2,1-2H3,(H,34,36). The number of anilines is 1. The van der Waals surface area contributed by atoms with Crippen LogP contribution < -0.4 is 19.7 Å². The van der Waals surface area contributed by atoms with Crippen LogP contribution in [0.15, 0.2) is 59.5 Å². The Kier molecular flexibility index (Phi) is 7.47. The van der Waals surface area contributed by atoms with Crippen molar-refractivity contribution in [1.82, 2.24) is 10.0 Å². The van der Waals surface area contributed by atoms with Crippen molar-refractivity contribution in [2.24, 2.45) is 5.92 Å². The van der Waals surface area contributed by atoms with Gasteiger partial charge in [-0.15, -0.1) is 0 Å². The summed E-state index contributed by atoms with van der Waals surface area (Å²) in [6, 6.07) is 8.91. The maximum absolute atomic E-state index is 14.0. The van der Waals surface area contributed by atoms with Crippen LogP contribution in [0, 0.1) is 5.92 Å². The van der Waals surface area contributed by atoms with Crippen LogP contribution in [-0.2, 0) is 21.6 Å². The molecule has 40 heavy (non-hydrogen) atoms. The number of alkyl halides is 3. The molecular weight excluding hydrogens is 543 g/mol. The van der Waals surface area contributed by atoms with Crippen LogP contribution in [0.5, 0.6) is 5.75 Å². The Labute approximate surface area is 232 Å². The number of fused-ring (bicyclic) bond motifs is 2. The van der Waals surface area contributed by atoms with Crippen LogP contribution >= 0.6 is 0 Å². The van der Waals surface area contributed by atoms with Gasteiger partial charge in [-0.1, -0.05) is 37.1 Å². The summed E-state index contributed by atoms with van der Waals surface area (Å²) in [7, 11) is -0.822. The third kappa shape index (κ3) is 5.24. The predicted octanol–water partition coefficient (Wildman–Crippen LogP) is 5.73. The van der Waals surface area contributed by atoms with Gasteiger partial charge in [-0.25, -0.2) is 17.9 Å². The summed E-state index contributed by atoms with van der Waals surface area (Å²) >= 11 is 0. The molecule has 3 aliphatic rings. The number of carbonyl (C=O) groups is 1. The van der Waals surface area contributed by atoms with Gasteiger partial charge in [0.25, 0.3) is 0 Å². The number of methoxy groups -OCH3 is 1. The van der Waals surface area contributed by atoms with Crippen molar-refractivity contribution in [1.29, 1.82) is 0 Å². The third-order valence-electron chi connectivity index (χ3n) is 8.22. The van der Waals surface area contributed by atoms with Gasteiger partial charge < -0.3 is 10.1 Å². The zero-order valence-electron chi connectivity index (χ0n) is 22.3. The molecule has 1 aliphatic heterocycles. The maximum Gasteiger partial charge on any atom is 0.417 e. The van der Waals surface area contributed by atoms with Gasteiger partial charge in [-0.3, -0.25) is 4.90 Å². The quantitative estimate of drug-likeness (QED) is 0.461. The summed E-state index contributed by atoms with van der Waals surface area (Å²) in [6.07, 6.45) is 4.58. The number of benzene rings is 2. The zero-order valence-corrected chi connectivity index (χ0v) is 23.2. The lowest BCUT2D eigenvalue weighted by Crippen LogP contribution is -2.43. The van der Waals surface area contributed by atoms with Gasteiger partial charge in [-0.2, -0.15) is 13.2 Å². The molecule has 2 aromatic carbocycles. The minimum absolute atomic E-state index is 0.0551. The molecule has 2 aromatic rings. The second-order valence-corrected chi connectivity index (χ2v) is 12.5. The number of nitrogens with zero attached hydrogens (tertiary/aromatic N) is 1. The predicted molar refractivity (Wildman–Crippen MR) is 148 cm³/mol. The molecule has 2 aliphatic carbocycles. The lowest BCUT2D eigenvalue weighted by molar-refractivity contribution is -0.137. The van der Waals surface area contributed by atoms with Crippen molar-refractivity contribution < 1.29 is 31.1 Å². The summed E-state index contributed by atoms with van der Waals surface area (Å²) in [4.78, 5) is 15.3. The van der Waals surface area contributed by atoms with Gasteiger partial charge in [0, 0.05) is 24.2 Å². The minimum atomic E-state index is -4.55. The molecule has 214 valence electrons. The molecule has 0 saturated heterocycles. The molecule has 1 unspecified atom stereocenters. The van der Waals surface area contributed by atoms with Crippen LogP contribution in [-0.4, -0.2) is 41.7 Å². The Morgan fingerprint density at radius 2 is 1.90 bits per heavy atom. The van der Waals surface area contributed by atoms with E-state index in [0.29, 0.717) is 30.8 Å². The highest BCUT2D eigenvalue weighted by Crippen LogP contribution is 2.52. The summed E-state index contributed by atoms with van der Waals surface area (Å²) in [6.45, 7) is 0.799. The van der Waals surface area contributed by atoms with E-state index in [-0.39, 0.29) is 33.6 Å². The number of rotatable bonds is 6. The Balaban J connectivity index is 1.39. The highest BCUT2D eigenvalue weighted by molar-refractivity contribution is 7.93. The van der Waals surface area contributed by atoms with Crippen molar-refractivity contribution in [3.63, 3.8) is 0 Å². The number of allylic oxidation sites excluding steroid dienone is 2. The largest absolute Gasteiger partial charge is 0.497 e. The molecule has 7 nitrogen and oxygen atoms in total. The van der Waals surface area contributed by atoms with E-state index >= 15 is 0 Å². The molecule has 1 saturated carbocycles. The number of nitrogens with one attached hydrogen (secondary N) is 2. The fourth-order valence-electron chi connectivity index (χ4n) is 6.06. The number of sulfonamides is 1. The summed E-state index contributed by atoms with van der Waals surface area (Å²) in [5.41, 5.74) is 1.09. The molecule has 5 rings (SSSR count). The van der Waals surface area contributed by atoms with Crippen molar-refractivity contribution in [2.75, 3.05) is 32.1 Å². The average molecular weight is 576 g/mol. The molecule has 0 radical (unpaired) electrons. The lowest BCUT2D eigenvalue weighted by atomic mass is 9.79. The third-order valence-corrected chi connectivity index (χ3v) is 9.68. The van der Waals surface area contributed by atoms with Gasteiger partial charge >= 0.3 is 12.2 Å². The van der Waals surface area contributed by atoms with E-state index in [0.717, 1.165) is 37.3 Å². The van der Waals surface area contributed by atoms with E-state index in [1.165, 1.54) is 26.3 Å². The highest BCUT2D eigenvalue weighted by Gasteiger charge is 2.46. The molecule has 11 heteroatoms. The van der Waals surface area contributed by atoms with E-state index in [1.807, 2.05) is 6.07 Å². The maximum atomic E-state index is 14.0. The molecule has 1 atom stereocenters. The number of amides is 2. The molecule has 1 spiro atoms. The van der Waals surface area contributed by atoms with Crippen LogP contribution in [0.3, 0.4) is 0 Å². The van der Waals surface area contributed by atoms with Gasteiger partial charge in [0.1, 0.15) is 5.75 Å². The molecular formula is C29H32F3N3O4S. The van der Waals surface area contributed by atoms with E-state index in [9.17, 15) is 26.4 Å². The first kappa shape index (κ1) is 28.2. The molecule has 1 heterocycles. The van der Waals surface area contributed by atoms with Crippen LogP contribution in [0.2, 0.25) is 0 Å². The van der Waals surface area contributed by atoms with Crippen LogP contribution in [0.4, 0.5) is 23.7 Å². The number of urea groups is 1. The topological polar surface area (TPSA) is 87.7 Å². The van der Waals surface area contributed by atoms with Gasteiger partial charge in [0.05, 0.1) is 17.6 Å². The van der Waals surface area contributed by atoms with Crippen molar-refractivity contribution in [2.45, 2.75) is 43.7 Å². The summed E-state index contributed by atoms with van der Waals surface area (Å²) in [5.74, 6) is 0.0797. The molecule has 1 fully saturated rings. The highest BCUT2D eigenvalue weighted by atomic mass is 32.2. The smallest absolute Gasteiger partial charge is 0.417 e. The van der Waals surface area contributed by atoms with Gasteiger partial charge in [-0.05, 0) is 79.3 Å². The van der Waals surface area contributed by atoms with E-state index in [2.05, 4.69) is 10.0 Å².